The third kappa shape index (κ3) is 3.66. The predicted octanol–water partition coefficient (Wildman–Crippen LogP) is 2.84. The molecule has 134 valence electrons. The topological polar surface area (TPSA) is 86.9 Å². The number of carbonyl (C=O) groups is 2. The Balaban J connectivity index is 1.67. The van der Waals surface area contributed by atoms with Gasteiger partial charge in [0.1, 0.15) is 0 Å². The summed E-state index contributed by atoms with van der Waals surface area (Å²) in [6.45, 7) is -0.419. The molecular weight excluding hydrogens is 349 g/mol. The van der Waals surface area contributed by atoms with Crippen LogP contribution in [-0.2, 0) is 22.3 Å². The molecule has 0 fully saturated rings. The Hall–Kier alpha value is -3.36. The number of nitrogens with one attached hydrogen (secondary N) is 3. The molecule has 3 N–H and O–H groups in total. The number of rotatable bonds is 3. The molecule has 0 atom stereocenters. The lowest BCUT2D eigenvalue weighted by Gasteiger charge is -2.13. The lowest BCUT2D eigenvalue weighted by Crippen LogP contribution is -2.35. The normalized spacial score (nSPS) is 11.3. The van der Waals surface area contributed by atoms with Crippen molar-refractivity contribution in [3.05, 3.63) is 60.0 Å². The van der Waals surface area contributed by atoms with Crippen molar-refractivity contribution in [3.8, 4) is 0 Å². The SMILES string of the molecule is O=C(NCc1ccccc1C(F)(F)F)C(=O)Nc1c[nH]c2ccncc12. The summed E-state index contributed by atoms with van der Waals surface area (Å²) < 4.78 is 38.8. The van der Waals surface area contributed by atoms with Crippen molar-refractivity contribution in [3.63, 3.8) is 0 Å². The zero-order valence-corrected chi connectivity index (χ0v) is 13.2. The van der Waals surface area contributed by atoms with Crippen molar-refractivity contribution in [2.75, 3.05) is 5.32 Å². The summed E-state index contributed by atoms with van der Waals surface area (Å²) in [6.07, 6.45) is 0.0330. The van der Waals surface area contributed by atoms with Gasteiger partial charge in [0, 0.05) is 30.5 Å². The molecule has 0 aliphatic heterocycles. The van der Waals surface area contributed by atoms with Crippen LogP contribution < -0.4 is 10.6 Å². The van der Waals surface area contributed by atoms with E-state index in [4.69, 9.17) is 0 Å². The standard InChI is InChI=1S/C17H13F3N4O2/c18-17(19,20)12-4-2-1-3-10(12)7-23-15(25)16(26)24-14-9-22-13-5-6-21-8-11(13)14/h1-6,8-9,22H,7H2,(H,23,25)(H,24,26). The second kappa shape index (κ2) is 6.87. The fourth-order valence-electron chi connectivity index (χ4n) is 2.45. The van der Waals surface area contributed by atoms with Gasteiger partial charge in [0.05, 0.1) is 16.8 Å². The Kier molecular flexibility index (Phi) is 4.61. The molecular formula is C17H13F3N4O2. The van der Waals surface area contributed by atoms with Crippen LogP contribution in [0.25, 0.3) is 10.9 Å². The number of benzene rings is 1. The van der Waals surface area contributed by atoms with Crippen LogP contribution >= 0.6 is 0 Å². The van der Waals surface area contributed by atoms with E-state index in [9.17, 15) is 22.8 Å². The minimum atomic E-state index is -4.54. The third-order valence-electron chi connectivity index (χ3n) is 3.70. The zero-order chi connectivity index (χ0) is 18.7. The van der Waals surface area contributed by atoms with Gasteiger partial charge in [-0.3, -0.25) is 14.6 Å². The number of aromatic nitrogens is 2. The highest BCUT2D eigenvalue weighted by molar-refractivity contribution is 6.40. The maximum absolute atomic E-state index is 12.9. The van der Waals surface area contributed by atoms with Crippen LogP contribution in [0.1, 0.15) is 11.1 Å². The van der Waals surface area contributed by atoms with Gasteiger partial charge in [-0.05, 0) is 17.7 Å². The largest absolute Gasteiger partial charge is 0.416 e. The number of anilines is 1. The van der Waals surface area contributed by atoms with Crippen molar-refractivity contribution < 1.29 is 22.8 Å². The van der Waals surface area contributed by atoms with Gasteiger partial charge in [-0.2, -0.15) is 13.2 Å². The first-order valence-electron chi connectivity index (χ1n) is 7.51. The van der Waals surface area contributed by atoms with E-state index >= 15 is 0 Å². The van der Waals surface area contributed by atoms with E-state index in [0.717, 1.165) is 11.6 Å². The molecule has 26 heavy (non-hydrogen) atoms. The van der Waals surface area contributed by atoms with Crippen LogP contribution in [0, 0.1) is 0 Å². The lowest BCUT2D eigenvalue weighted by atomic mass is 10.1. The highest BCUT2D eigenvalue weighted by Crippen LogP contribution is 2.31. The first-order valence-corrected chi connectivity index (χ1v) is 7.51. The third-order valence-corrected chi connectivity index (χ3v) is 3.70. The number of fused-ring (bicyclic) bond motifs is 1. The molecule has 3 rings (SSSR count). The Morgan fingerprint density at radius 2 is 1.88 bits per heavy atom. The van der Waals surface area contributed by atoms with Crippen LogP contribution in [0.2, 0.25) is 0 Å². The average molecular weight is 362 g/mol. The number of aromatic amines is 1. The second-order valence-electron chi connectivity index (χ2n) is 5.42. The molecule has 0 saturated heterocycles. The molecule has 0 aliphatic carbocycles. The van der Waals surface area contributed by atoms with E-state index in [1.54, 1.807) is 12.3 Å². The lowest BCUT2D eigenvalue weighted by molar-refractivity contribution is -0.139. The van der Waals surface area contributed by atoms with E-state index in [1.807, 2.05) is 0 Å². The van der Waals surface area contributed by atoms with Crippen LogP contribution in [0.3, 0.4) is 0 Å². The van der Waals surface area contributed by atoms with Crippen LogP contribution in [0.4, 0.5) is 18.9 Å². The number of alkyl halides is 3. The second-order valence-corrected chi connectivity index (χ2v) is 5.42. The van der Waals surface area contributed by atoms with E-state index in [1.165, 1.54) is 30.6 Å². The van der Waals surface area contributed by atoms with Gasteiger partial charge in [0.25, 0.3) is 0 Å². The first kappa shape index (κ1) is 17.5. The Labute approximate surface area is 145 Å². The number of hydrogen-bond acceptors (Lipinski definition) is 3. The molecule has 3 aromatic rings. The summed E-state index contributed by atoms with van der Waals surface area (Å²) in [5.74, 6) is -2.03. The highest BCUT2D eigenvalue weighted by atomic mass is 19.4. The number of carbonyl (C=O) groups excluding carboxylic acids is 2. The van der Waals surface area contributed by atoms with Gasteiger partial charge in [0.2, 0.25) is 0 Å². The van der Waals surface area contributed by atoms with Crippen LogP contribution in [0.15, 0.2) is 48.9 Å². The fraction of sp³-hybridized carbons (Fsp3) is 0.118. The molecule has 2 heterocycles. The molecule has 0 saturated carbocycles. The van der Waals surface area contributed by atoms with Gasteiger partial charge < -0.3 is 15.6 Å². The summed E-state index contributed by atoms with van der Waals surface area (Å²) in [7, 11) is 0. The molecule has 0 spiro atoms. The van der Waals surface area contributed by atoms with Crippen molar-refractivity contribution in [2.45, 2.75) is 12.7 Å². The summed E-state index contributed by atoms with van der Waals surface area (Å²) in [5, 5.41) is 5.20. The summed E-state index contributed by atoms with van der Waals surface area (Å²) in [6, 6.07) is 6.54. The number of nitrogens with zero attached hydrogens (tertiary/aromatic N) is 1. The molecule has 6 nitrogen and oxygen atoms in total. The fourth-order valence-corrected chi connectivity index (χ4v) is 2.45. The maximum atomic E-state index is 12.9. The van der Waals surface area contributed by atoms with E-state index in [-0.39, 0.29) is 5.56 Å². The molecule has 0 bridgehead atoms. The van der Waals surface area contributed by atoms with Gasteiger partial charge in [-0.15, -0.1) is 0 Å². The Bertz CT molecular complexity index is 966. The van der Waals surface area contributed by atoms with E-state index in [0.29, 0.717) is 11.1 Å². The minimum absolute atomic E-state index is 0.127. The quantitative estimate of drug-likeness (QED) is 0.626. The summed E-state index contributed by atoms with van der Waals surface area (Å²) >= 11 is 0. The molecule has 0 radical (unpaired) electrons. The van der Waals surface area contributed by atoms with Crippen molar-refractivity contribution in [1.82, 2.24) is 15.3 Å². The number of halogens is 3. The molecule has 1 aromatic carbocycles. The van der Waals surface area contributed by atoms with Crippen molar-refractivity contribution >= 4 is 28.4 Å². The minimum Gasteiger partial charge on any atom is -0.359 e. The number of hydrogen-bond donors (Lipinski definition) is 3. The maximum Gasteiger partial charge on any atom is 0.416 e. The number of pyridine rings is 1. The van der Waals surface area contributed by atoms with Gasteiger partial charge in [-0.25, -0.2) is 0 Å². The smallest absolute Gasteiger partial charge is 0.359 e. The number of amides is 2. The Morgan fingerprint density at radius 3 is 2.65 bits per heavy atom. The van der Waals surface area contributed by atoms with Crippen molar-refractivity contribution in [2.24, 2.45) is 0 Å². The van der Waals surface area contributed by atoms with E-state index < -0.39 is 30.1 Å². The molecule has 2 aromatic heterocycles. The summed E-state index contributed by atoms with van der Waals surface area (Å²) in [5.41, 5.74) is 0.0830. The molecule has 0 unspecified atom stereocenters. The first-order chi connectivity index (χ1) is 12.4. The predicted molar refractivity (Wildman–Crippen MR) is 88.0 cm³/mol. The molecule has 9 heteroatoms. The highest BCUT2D eigenvalue weighted by Gasteiger charge is 2.33. The molecule has 0 aliphatic rings. The van der Waals surface area contributed by atoms with Gasteiger partial charge in [-0.1, -0.05) is 18.2 Å². The summed E-state index contributed by atoms with van der Waals surface area (Å²) in [4.78, 5) is 30.7. The van der Waals surface area contributed by atoms with Crippen LogP contribution in [0.5, 0.6) is 0 Å². The molecule has 2 amide bonds. The zero-order valence-electron chi connectivity index (χ0n) is 13.2. The van der Waals surface area contributed by atoms with Crippen LogP contribution in [-0.4, -0.2) is 21.8 Å². The van der Waals surface area contributed by atoms with E-state index in [2.05, 4.69) is 20.6 Å². The monoisotopic (exact) mass is 362 g/mol. The number of H-pyrrole nitrogens is 1. The van der Waals surface area contributed by atoms with Crippen molar-refractivity contribution in [1.29, 1.82) is 0 Å². The Morgan fingerprint density at radius 1 is 1.12 bits per heavy atom. The van der Waals surface area contributed by atoms with Gasteiger partial charge >= 0.3 is 18.0 Å². The average Bonchev–Trinajstić information content (AvgIpc) is 3.02. The van der Waals surface area contributed by atoms with Gasteiger partial charge in [0.15, 0.2) is 0 Å².